The van der Waals surface area contributed by atoms with Crippen LogP contribution < -0.4 is 24.4 Å². The maximum Gasteiger partial charge on any atom is 0.338 e. The third-order valence-electron chi connectivity index (χ3n) is 6.55. The number of hydrogen-bond donors (Lipinski definition) is 0. The monoisotopic (exact) mass is 593 g/mol. The second kappa shape index (κ2) is 10.4. The van der Waals surface area contributed by atoms with Crippen molar-refractivity contribution in [3.8, 4) is 22.8 Å². The van der Waals surface area contributed by atoms with Crippen molar-refractivity contribution < 1.29 is 28.3 Å². The molecule has 0 amide bonds. The molecule has 6 rings (SSSR count). The smallest absolute Gasteiger partial charge is 0.338 e. The average Bonchev–Trinajstić information content (AvgIpc) is 3.67. The van der Waals surface area contributed by atoms with E-state index < -0.39 is 22.5 Å². The van der Waals surface area contributed by atoms with E-state index in [0.717, 1.165) is 11.3 Å². The molecule has 0 aliphatic carbocycles. The van der Waals surface area contributed by atoms with Gasteiger partial charge in [-0.1, -0.05) is 29.0 Å². The summed E-state index contributed by atoms with van der Waals surface area (Å²) in [5.74, 6) is 1.03. The lowest BCUT2D eigenvalue weighted by Gasteiger charge is -2.24. The van der Waals surface area contributed by atoms with Crippen LogP contribution in [0.4, 0.5) is 5.69 Å². The van der Waals surface area contributed by atoms with Crippen LogP contribution in [0.15, 0.2) is 74.0 Å². The van der Waals surface area contributed by atoms with E-state index >= 15 is 0 Å². The fourth-order valence-corrected chi connectivity index (χ4v) is 5.95. The molecule has 2 aromatic carbocycles. The number of carbonyl (C=O) groups is 1. The highest BCUT2D eigenvalue weighted by atomic mass is 35.5. The van der Waals surface area contributed by atoms with E-state index in [1.807, 2.05) is 0 Å². The van der Waals surface area contributed by atoms with Gasteiger partial charge in [-0.3, -0.25) is 19.5 Å². The van der Waals surface area contributed by atoms with Crippen LogP contribution in [0.25, 0.3) is 17.4 Å². The van der Waals surface area contributed by atoms with Gasteiger partial charge in [-0.05, 0) is 55.8 Å². The molecule has 0 fully saturated rings. The minimum atomic E-state index is -0.828. The van der Waals surface area contributed by atoms with Gasteiger partial charge in [0.1, 0.15) is 11.5 Å². The Morgan fingerprint density at radius 1 is 1.22 bits per heavy atom. The normalized spacial score (nSPS) is 16.0. The first-order chi connectivity index (χ1) is 19.7. The van der Waals surface area contributed by atoms with E-state index in [1.54, 1.807) is 44.2 Å². The fraction of sp³-hybridized carbons (Fsp3) is 0.179. The summed E-state index contributed by atoms with van der Waals surface area (Å²) in [6.07, 6.45) is 1.54. The number of benzene rings is 2. The van der Waals surface area contributed by atoms with Gasteiger partial charge in [0.15, 0.2) is 16.3 Å². The van der Waals surface area contributed by atoms with E-state index in [4.69, 9.17) is 30.2 Å². The van der Waals surface area contributed by atoms with E-state index in [9.17, 15) is 19.7 Å². The van der Waals surface area contributed by atoms with Crippen molar-refractivity contribution in [2.75, 3.05) is 13.4 Å². The predicted molar refractivity (Wildman–Crippen MR) is 149 cm³/mol. The lowest BCUT2D eigenvalue weighted by atomic mass is 9.95. The number of thiazole rings is 1. The van der Waals surface area contributed by atoms with Gasteiger partial charge in [0.2, 0.25) is 6.79 Å². The number of ether oxygens (including phenoxy) is 3. The number of allylic oxidation sites excluding steroid dienone is 1. The Kier molecular flexibility index (Phi) is 6.72. The molecule has 0 radical (unpaired) electrons. The van der Waals surface area contributed by atoms with Gasteiger partial charge in [0.25, 0.3) is 11.2 Å². The van der Waals surface area contributed by atoms with Crippen LogP contribution in [0.2, 0.25) is 5.02 Å². The van der Waals surface area contributed by atoms with Gasteiger partial charge in [-0.15, -0.1) is 0 Å². The van der Waals surface area contributed by atoms with Crippen molar-refractivity contribution in [1.29, 1.82) is 0 Å². The molecule has 4 aromatic rings. The Morgan fingerprint density at radius 3 is 2.80 bits per heavy atom. The summed E-state index contributed by atoms with van der Waals surface area (Å²) in [4.78, 5) is 42.9. The van der Waals surface area contributed by atoms with E-state index in [1.165, 1.54) is 28.8 Å². The number of hydrogen-bond acceptors (Lipinski definition) is 10. The van der Waals surface area contributed by atoms with Crippen molar-refractivity contribution in [1.82, 2.24) is 4.57 Å². The number of furan rings is 1. The summed E-state index contributed by atoms with van der Waals surface area (Å²) in [6, 6.07) is 11.9. The number of fused-ring (bicyclic) bond motifs is 2. The summed E-state index contributed by atoms with van der Waals surface area (Å²) in [5.41, 5.74) is 0.923. The molecule has 0 saturated heterocycles. The first-order valence-corrected chi connectivity index (χ1v) is 13.6. The third-order valence-corrected chi connectivity index (χ3v) is 7.77. The Labute approximate surface area is 240 Å². The minimum absolute atomic E-state index is 0.0749. The van der Waals surface area contributed by atoms with E-state index in [-0.39, 0.29) is 41.0 Å². The van der Waals surface area contributed by atoms with Gasteiger partial charge in [-0.2, -0.15) is 0 Å². The standard InChI is InChI=1S/C28H20ClN3O8S/c1-3-37-27(34)24-14(2)30-28-31(25(24)15-4-8-21-22(10-15)39-13-38-21)26(33)23(41-28)12-17-6-9-20(40-17)18-7-5-16(29)11-19(18)32(35)36/h4-12,25H,3,13H2,1-2H3/t25-/m1/s1. The van der Waals surface area contributed by atoms with Crippen LogP contribution >= 0.6 is 22.9 Å². The van der Waals surface area contributed by atoms with Crippen LogP contribution in [-0.2, 0) is 9.53 Å². The number of nitro benzene ring substituents is 1. The fourth-order valence-electron chi connectivity index (χ4n) is 4.76. The quantitative estimate of drug-likeness (QED) is 0.183. The number of nitrogens with zero attached hydrogens (tertiary/aromatic N) is 3. The number of esters is 1. The summed E-state index contributed by atoms with van der Waals surface area (Å²) in [5, 5.41) is 11.8. The predicted octanol–water partition coefficient (Wildman–Crippen LogP) is 4.35. The molecule has 11 nitrogen and oxygen atoms in total. The topological polar surface area (TPSA) is 135 Å². The molecule has 0 bridgehead atoms. The number of carbonyl (C=O) groups excluding carboxylic acids is 1. The molecule has 0 saturated carbocycles. The van der Waals surface area contributed by atoms with Gasteiger partial charge in [0.05, 0.1) is 38.9 Å². The van der Waals surface area contributed by atoms with Crippen LogP contribution in [0, 0.1) is 10.1 Å². The van der Waals surface area contributed by atoms with Crippen LogP contribution in [0.5, 0.6) is 11.5 Å². The van der Waals surface area contributed by atoms with Gasteiger partial charge in [-0.25, -0.2) is 9.79 Å². The molecular weight excluding hydrogens is 574 g/mol. The zero-order valence-corrected chi connectivity index (χ0v) is 23.2. The summed E-state index contributed by atoms with van der Waals surface area (Å²) in [6.45, 7) is 3.63. The average molecular weight is 594 g/mol. The Hall–Kier alpha value is -4.68. The molecule has 208 valence electrons. The van der Waals surface area contributed by atoms with Gasteiger partial charge >= 0.3 is 5.97 Å². The highest BCUT2D eigenvalue weighted by molar-refractivity contribution is 7.07. The molecule has 2 aliphatic rings. The molecule has 2 aliphatic heterocycles. The van der Waals surface area contributed by atoms with Crippen LogP contribution in [0.1, 0.15) is 31.2 Å². The first-order valence-electron chi connectivity index (χ1n) is 12.4. The molecule has 13 heteroatoms. The zero-order valence-electron chi connectivity index (χ0n) is 21.6. The van der Waals surface area contributed by atoms with Gasteiger partial charge < -0.3 is 18.6 Å². The van der Waals surface area contributed by atoms with Crippen LogP contribution in [0.3, 0.4) is 0 Å². The summed E-state index contributed by atoms with van der Waals surface area (Å²) < 4.78 is 23.9. The Bertz CT molecular complexity index is 1950. The zero-order chi connectivity index (χ0) is 28.8. The first kappa shape index (κ1) is 26.5. The van der Waals surface area contributed by atoms with E-state index in [0.29, 0.717) is 37.9 Å². The Balaban J connectivity index is 1.47. The van der Waals surface area contributed by atoms with E-state index in [2.05, 4.69) is 4.99 Å². The lowest BCUT2D eigenvalue weighted by Crippen LogP contribution is -2.39. The number of nitro groups is 1. The molecule has 0 spiro atoms. The second-order valence-electron chi connectivity index (χ2n) is 9.04. The molecule has 41 heavy (non-hydrogen) atoms. The molecule has 0 unspecified atom stereocenters. The number of aromatic nitrogens is 1. The van der Waals surface area contributed by atoms with Crippen molar-refractivity contribution >= 4 is 40.7 Å². The third kappa shape index (κ3) is 4.70. The molecule has 2 aromatic heterocycles. The molecule has 1 atom stereocenters. The highest BCUT2D eigenvalue weighted by Crippen LogP contribution is 2.38. The summed E-state index contributed by atoms with van der Waals surface area (Å²) in [7, 11) is 0. The summed E-state index contributed by atoms with van der Waals surface area (Å²) >= 11 is 7.06. The van der Waals surface area contributed by atoms with Gasteiger partial charge in [0, 0.05) is 17.2 Å². The minimum Gasteiger partial charge on any atom is -0.463 e. The van der Waals surface area contributed by atoms with Crippen molar-refractivity contribution in [3.63, 3.8) is 0 Å². The Morgan fingerprint density at radius 2 is 2.02 bits per heavy atom. The van der Waals surface area contributed by atoms with Crippen molar-refractivity contribution in [2.24, 2.45) is 4.99 Å². The number of halogens is 1. The van der Waals surface area contributed by atoms with Crippen molar-refractivity contribution in [3.05, 3.63) is 106 Å². The molecule has 4 heterocycles. The largest absolute Gasteiger partial charge is 0.463 e. The van der Waals surface area contributed by atoms with Crippen molar-refractivity contribution in [2.45, 2.75) is 19.9 Å². The molecular formula is C28H20ClN3O8S. The SMILES string of the molecule is CCOC(=O)C1=C(C)N=c2sc(=Cc3ccc(-c4ccc(Cl)cc4[N+](=O)[O-])o3)c(=O)n2[C@@H]1c1ccc2c(c1)OCO2. The highest BCUT2D eigenvalue weighted by Gasteiger charge is 2.34. The maximum absolute atomic E-state index is 13.8. The van der Waals surface area contributed by atoms with Crippen LogP contribution in [-0.4, -0.2) is 28.9 Å². The second-order valence-corrected chi connectivity index (χ2v) is 10.5. The molecule has 0 N–H and O–H groups in total. The lowest BCUT2D eigenvalue weighted by molar-refractivity contribution is -0.384. The maximum atomic E-state index is 13.8. The number of rotatable bonds is 6.